The van der Waals surface area contributed by atoms with E-state index in [0.29, 0.717) is 23.8 Å². The summed E-state index contributed by atoms with van der Waals surface area (Å²) in [5.74, 6) is 1.32. The van der Waals surface area contributed by atoms with Gasteiger partial charge in [-0.15, -0.1) is 11.3 Å². The zero-order valence-corrected chi connectivity index (χ0v) is 15.5. The molecule has 2 aromatic rings. The third kappa shape index (κ3) is 4.71. The van der Waals surface area contributed by atoms with Gasteiger partial charge in [0, 0.05) is 6.54 Å². The smallest absolute Gasteiger partial charge is 0.263 e. The summed E-state index contributed by atoms with van der Waals surface area (Å²) in [4.78, 5) is 17.2. The fourth-order valence-electron chi connectivity index (χ4n) is 2.27. The lowest BCUT2D eigenvalue weighted by Crippen LogP contribution is -2.22. The summed E-state index contributed by atoms with van der Waals surface area (Å²) in [6.07, 6.45) is 2.09. The van der Waals surface area contributed by atoms with Crippen molar-refractivity contribution < 1.29 is 14.3 Å². The summed E-state index contributed by atoms with van der Waals surface area (Å²) in [5.41, 5.74) is 1.73. The Morgan fingerprint density at radius 3 is 2.71 bits per heavy atom. The maximum atomic E-state index is 12.3. The Morgan fingerprint density at radius 1 is 1.29 bits per heavy atom. The van der Waals surface area contributed by atoms with Crippen molar-refractivity contribution in [2.24, 2.45) is 0 Å². The van der Waals surface area contributed by atoms with Crippen LogP contribution in [0.5, 0.6) is 11.5 Å². The fourth-order valence-corrected chi connectivity index (χ4v) is 3.11. The Hall–Kier alpha value is -2.08. The summed E-state index contributed by atoms with van der Waals surface area (Å²) in [7, 11) is 1.62. The van der Waals surface area contributed by atoms with Crippen LogP contribution in [0.3, 0.4) is 0 Å². The number of unbranched alkanes of at least 4 members (excludes halogenated alkanes) is 1. The average Bonchev–Trinajstić information content (AvgIpc) is 2.92. The molecule has 5 nitrogen and oxygen atoms in total. The van der Waals surface area contributed by atoms with Crippen molar-refractivity contribution in [3.05, 3.63) is 39.3 Å². The topological polar surface area (TPSA) is 60.5 Å². The van der Waals surface area contributed by atoms with E-state index in [2.05, 4.69) is 17.2 Å². The van der Waals surface area contributed by atoms with Crippen LogP contribution in [0.1, 0.15) is 45.7 Å². The molecule has 0 radical (unpaired) electrons. The Morgan fingerprint density at radius 2 is 2.08 bits per heavy atom. The van der Waals surface area contributed by atoms with Crippen molar-refractivity contribution in [3.8, 4) is 11.5 Å². The lowest BCUT2D eigenvalue weighted by molar-refractivity contribution is 0.0954. The molecule has 0 fully saturated rings. The fraction of sp³-hybridized carbons (Fsp3) is 0.444. The van der Waals surface area contributed by atoms with E-state index in [1.807, 2.05) is 32.0 Å². The first-order chi connectivity index (χ1) is 11.5. The SMILES string of the molecule is CCCCOc1ccc(CNC(=O)c2sc(C)nc2C)cc1OC. The molecule has 0 atom stereocenters. The third-order valence-corrected chi connectivity index (χ3v) is 4.62. The molecule has 24 heavy (non-hydrogen) atoms. The van der Waals surface area contributed by atoms with Gasteiger partial charge in [-0.1, -0.05) is 19.4 Å². The van der Waals surface area contributed by atoms with E-state index in [1.54, 1.807) is 7.11 Å². The van der Waals surface area contributed by atoms with Gasteiger partial charge in [0.1, 0.15) is 4.88 Å². The van der Waals surface area contributed by atoms with E-state index < -0.39 is 0 Å². The van der Waals surface area contributed by atoms with Crippen molar-refractivity contribution in [2.45, 2.75) is 40.2 Å². The van der Waals surface area contributed by atoms with E-state index in [0.717, 1.165) is 34.9 Å². The molecule has 2 rings (SSSR count). The number of amides is 1. The zero-order valence-electron chi connectivity index (χ0n) is 14.6. The maximum absolute atomic E-state index is 12.3. The van der Waals surface area contributed by atoms with Crippen LogP contribution in [0.4, 0.5) is 0 Å². The number of hydrogen-bond acceptors (Lipinski definition) is 5. The Kier molecular flexibility index (Phi) is 6.61. The van der Waals surface area contributed by atoms with E-state index in [-0.39, 0.29) is 5.91 Å². The van der Waals surface area contributed by atoms with Crippen LogP contribution in [0, 0.1) is 13.8 Å². The quantitative estimate of drug-likeness (QED) is 0.736. The van der Waals surface area contributed by atoms with Crippen LogP contribution in [0.25, 0.3) is 0 Å². The summed E-state index contributed by atoms with van der Waals surface area (Å²) < 4.78 is 11.1. The molecular formula is C18H24N2O3S. The predicted octanol–water partition coefficient (Wildman–Crippen LogP) is 3.88. The molecule has 6 heteroatoms. The predicted molar refractivity (Wildman–Crippen MR) is 96.2 cm³/mol. The highest BCUT2D eigenvalue weighted by atomic mass is 32.1. The lowest BCUT2D eigenvalue weighted by atomic mass is 10.2. The molecule has 0 saturated heterocycles. The van der Waals surface area contributed by atoms with E-state index in [4.69, 9.17) is 9.47 Å². The van der Waals surface area contributed by atoms with Crippen LogP contribution < -0.4 is 14.8 Å². The highest BCUT2D eigenvalue weighted by Crippen LogP contribution is 2.28. The molecule has 0 unspecified atom stereocenters. The molecule has 1 N–H and O–H groups in total. The number of nitrogens with one attached hydrogen (secondary N) is 1. The second kappa shape index (κ2) is 8.68. The number of benzene rings is 1. The molecule has 0 aliphatic heterocycles. The molecule has 0 aliphatic rings. The first-order valence-corrected chi connectivity index (χ1v) is 8.88. The van der Waals surface area contributed by atoms with Gasteiger partial charge in [0.25, 0.3) is 5.91 Å². The van der Waals surface area contributed by atoms with Gasteiger partial charge in [0.2, 0.25) is 0 Å². The summed E-state index contributed by atoms with van der Waals surface area (Å²) in [6, 6.07) is 5.72. The number of carbonyl (C=O) groups is 1. The van der Waals surface area contributed by atoms with Crippen LogP contribution in [0.2, 0.25) is 0 Å². The van der Waals surface area contributed by atoms with Crippen molar-refractivity contribution in [1.29, 1.82) is 0 Å². The molecule has 0 saturated carbocycles. The van der Waals surface area contributed by atoms with Gasteiger partial charge in [-0.25, -0.2) is 4.98 Å². The molecule has 1 heterocycles. The average molecular weight is 348 g/mol. The first kappa shape index (κ1) is 18.3. The monoisotopic (exact) mass is 348 g/mol. The number of aryl methyl sites for hydroxylation is 2. The van der Waals surface area contributed by atoms with Crippen LogP contribution in [-0.2, 0) is 6.54 Å². The highest BCUT2D eigenvalue weighted by Gasteiger charge is 2.14. The number of carbonyl (C=O) groups excluding carboxylic acids is 1. The van der Waals surface area contributed by atoms with Crippen molar-refractivity contribution in [3.63, 3.8) is 0 Å². The number of methoxy groups -OCH3 is 1. The first-order valence-electron chi connectivity index (χ1n) is 8.07. The number of aromatic nitrogens is 1. The Labute approximate surface area is 147 Å². The maximum Gasteiger partial charge on any atom is 0.263 e. The number of nitrogens with zero attached hydrogens (tertiary/aromatic N) is 1. The van der Waals surface area contributed by atoms with Gasteiger partial charge in [-0.3, -0.25) is 4.79 Å². The lowest BCUT2D eigenvalue weighted by Gasteiger charge is -2.12. The second-order valence-corrected chi connectivity index (χ2v) is 6.72. The summed E-state index contributed by atoms with van der Waals surface area (Å²) >= 11 is 1.41. The minimum absolute atomic E-state index is 0.0969. The molecule has 1 aromatic heterocycles. The van der Waals surface area contributed by atoms with Gasteiger partial charge < -0.3 is 14.8 Å². The highest BCUT2D eigenvalue weighted by molar-refractivity contribution is 7.13. The molecule has 0 bridgehead atoms. The second-order valence-electron chi connectivity index (χ2n) is 5.52. The van der Waals surface area contributed by atoms with E-state index in [9.17, 15) is 4.79 Å². The molecular weight excluding hydrogens is 324 g/mol. The molecule has 0 spiro atoms. The van der Waals surface area contributed by atoms with Crippen molar-refractivity contribution in [2.75, 3.05) is 13.7 Å². The zero-order chi connectivity index (χ0) is 17.5. The van der Waals surface area contributed by atoms with Gasteiger partial charge in [-0.05, 0) is 38.0 Å². The number of rotatable bonds is 8. The number of hydrogen-bond donors (Lipinski definition) is 1. The standard InChI is InChI=1S/C18H24N2O3S/c1-5-6-9-23-15-8-7-14(10-16(15)22-4)11-19-18(21)17-12(2)20-13(3)24-17/h7-8,10H,5-6,9,11H2,1-4H3,(H,19,21). The van der Waals surface area contributed by atoms with Crippen molar-refractivity contribution >= 4 is 17.2 Å². The largest absolute Gasteiger partial charge is 0.493 e. The van der Waals surface area contributed by atoms with Crippen molar-refractivity contribution in [1.82, 2.24) is 10.3 Å². The van der Waals surface area contributed by atoms with Gasteiger partial charge in [0.05, 0.1) is 24.4 Å². The molecule has 1 aromatic carbocycles. The van der Waals surface area contributed by atoms with Crippen LogP contribution >= 0.6 is 11.3 Å². The minimum Gasteiger partial charge on any atom is -0.493 e. The molecule has 130 valence electrons. The van der Waals surface area contributed by atoms with E-state index in [1.165, 1.54) is 11.3 Å². The number of thiazole rings is 1. The number of ether oxygens (including phenoxy) is 2. The normalized spacial score (nSPS) is 10.5. The molecule has 0 aliphatic carbocycles. The third-order valence-electron chi connectivity index (χ3n) is 3.55. The van der Waals surface area contributed by atoms with Gasteiger partial charge >= 0.3 is 0 Å². The van der Waals surface area contributed by atoms with Crippen LogP contribution in [0.15, 0.2) is 18.2 Å². The van der Waals surface area contributed by atoms with Crippen LogP contribution in [-0.4, -0.2) is 24.6 Å². The Balaban J connectivity index is 1.99. The summed E-state index contributed by atoms with van der Waals surface area (Å²) in [6.45, 7) is 6.98. The van der Waals surface area contributed by atoms with Gasteiger partial charge in [-0.2, -0.15) is 0 Å². The summed E-state index contributed by atoms with van der Waals surface area (Å²) in [5, 5.41) is 3.82. The van der Waals surface area contributed by atoms with E-state index >= 15 is 0 Å². The molecule has 1 amide bonds. The Bertz CT molecular complexity index is 698. The minimum atomic E-state index is -0.0969. The van der Waals surface area contributed by atoms with Gasteiger partial charge in [0.15, 0.2) is 11.5 Å².